The van der Waals surface area contributed by atoms with Gasteiger partial charge >= 0.3 is 0 Å². The summed E-state index contributed by atoms with van der Waals surface area (Å²) in [5.74, 6) is 0.552. The van der Waals surface area contributed by atoms with Crippen molar-refractivity contribution >= 4 is 10.0 Å². The molecule has 0 aliphatic carbocycles. The van der Waals surface area contributed by atoms with Crippen molar-refractivity contribution in [2.45, 2.75) is 11.3 Å². The van der Waals surface area contributed by atoms with Crippen LogP contribution >= 0.6 is 0 Å². The lowest BCUT2D eigenvalue weighted by Crippen LogP contribution is -2.11. The number of rotatable bonds is 5. The van der Waals surface area contributed by atoms with Crippen molar-refractivity contribution in [3.05, 3.63) is 24.3 Å². The third kappa shape index (κ3) is 3.86. The number of nitrogens with two attached hydrogens (primary N) is 1. The predicted molar refractivity (Wildman–Crippen MR) is 55.0 cm³/mol. The van der Waals surface area contributed by atoms with Gasteiger partial charge in [-0.15, -0.1) is 0 Å². The molecule has 1 aromatic rings. The largest absolute Gasteiger partial charge is 0.494 e. The van der Waals surface area contributed by atoms with Gasteiger partial charge in [0.25, 0.3) is 0 Å². The number of hydrogen-bond donors (Lipinski definition) is 2. The highest BCUT2D eigenvalue weighted by atomic mass is 32.2. The molecule has 0 atom stereocenters. The number of benzene rings is 1. The van der Waals surface area contributed by atoms with E-state index in [1.807, 2.05) is 0 Å². The molecule has 5 nitrogen and oxygen atoms in total. The van der Waals surface area contributed by atoms with Gasteiger partial charge in [-0.25, -0.2) is 13.6 Å². The van der Waals surface area contributed by atoms with E-state index in [0.717, 1.165) is 0 Å². The first-order valence-corrected chi connectivity index (χ1v) is 5.95. The first-order valence-electron chi connectivity index (χ1n) is 4.40. The van der Waals surface area contributed by atoms with Crippen LogP contribution in [0.2, 0.25) is 0 Å². The Morgan fingerprint density at radius 3 is 2.33 bits per heavy atom. The average molecular weight is 231 g/mol. The lowest BCUT2D eigenvalue weighted by molar-refractivity contribution is 0.233. The van der Waals surface area contributed by atoms with Crippen molar-refractivity contribution in [2.24, 2.45) is 5.14 Å². The molecule has 15 heavy (non-hydrogen) atoms. The Morgan fingerprint density at radius 2 is 1.87 bits per heavy atom. The SMILES string of the molecule is NS(=O)(=O)c1ccc(OCCCO)cc1. The molecular weight excluding hydrogens is 218 g/mol. The van der Waals surface area contributed by atoms with Gasteiger partial charge in [-0.05, 0) is 24.3 Å². The van der Waals surface area contributed by atoms with Crippen LogP contribution in [-0.2, 0) is 10.0 Å². The number of sulfonamides is 1. The summed E-state index contributed by atoms with van der Waals surface area (Å²) in [7, 11) is -3.64. The highest BCUT2D eigenvalue weighted by Crippen LogP contribution is 2.14. The molecule has 0 aliphatic rings. The fraction of sp³-hybridized carbons (Fsp3) is 0.333. The van der Waals surface area contributed by atoms with Gasteiger partial charge in [-0.2, -0.15) is 0 Å². The van der Waals surface area contributed by atoms with E-state index in [9.17, 15) is 8.42 Å². The molecule has 0 bridgehead atoms. The van der Waals surface area contributed by atoms with Gasteiger partial charge in [0.15, 0.2) is 0 Å². The molecule has 1 aromatic carbocycles. The summed E-state index contributed by atoms with van der Waals surface area (Å²) < 4.78 is 27.0. The molecule has 3 N–H and O–H groups in total. The van der Waals surface area contributed by atoms with E-state index in [-0.39, 0.29) is 11.5 Å². The summed E-state index contributed by atoms with van der Waals surface area (Å²) in [6.07, 6.45) is 0.539. The normalized spacial score (nSPS) is 11.3. The van der Waals surface area contributed by atoms with E-state index >= 15 is 0 Å². The molecule has 0 spiro atoms. The van der Waals surface area contributed by atoms with Gasteiger partial charge in [0, 0.05) is 13.0 Å². The maximum atomic E-state index is 10.9. The van der Waals surface area contributed by atoms with E-state index in [4.69, 9.17) is 15.0 Å². The van der Waals surface area contributed by atoms with Crippen molar-refractivity contribution in [3.63, 3.8) is 0 Å². The molecule has 0 aromatic heterocycles. The standard InChI is InChI=1S/C9H13NO4S/c10-15(12,13)9-4-2-8(3-5-9)14-7-1-6-11/h2-5,11H,1,6-7H2,(H2,10,12,13). The van der Waals surface area contributed by atoms with Crippen molar-refractivity contribution < 1.29 is 18.3 Å². The highest BCUT2D eigenvalue weighted by molar-refractivity contribution is 7.89. The molecule has 1 rings (SSSR count). The van der Waals surface area contributed by atoms with E-state index < -0.39 is 10.0 Å². The molecule has 0 saturated carbocycles. The Kier molecular flexibility index (Phi) is 4.07. The molecule has 0 radical (unpaired) electrons. The Labute approximate surface area is 88.5 Å². The predicted octanol–water partition coefficient (Wildman–Crippen LogP) is 0.0952. The minimum atomic E-state index is -3.64. The highest BCUT2D eigenvalue weighted by Gasteiger charge is 2.06. The van der Waals surface area contributed by atoms with Gasteiger partial charge in [0.2, 0.25) is 10.0 Å². The number of ether oxygens (including phenoxy) is 1. The number of hydrogen-bond acceptors (Lipinski definition) is 4. The fourth-order valence-electron chi connectivity index (χ4n) is 0.980. The van der Waals surface area contributed by atoms with Crippen LogP contribution in [0.1, 0.15) is 6.42 Å². The quantitative estimate of drug-likeness (QED) is 0.703. The lowest BCUT2D eigenvalue weighted by Gasteiger charge is -2.05. The minimum absolute atomic E-state index is 0.0528. The molecule has 6 heteroatoms. The number of primary sulfonamides is 1. The van der Waals surface area contributed by atoms with E-state index in [1.54, 1.807) is 0 Å². The van der Waals surface area contributed by atoms with Crippen LogP contribution < -0.4 is 9.88 Å². The zero-order chi connectivity index (χ0) is 11.3. The second kappa shape index (κ2) is 5.11. The van der Waals surface area contributed by atoms with Crippen molar-refractivity contribution in [3.8, 4) is 5.75 Å². The monoisotopic (exact) mass is 231 g/mol. The van der Waals surface area contributed by atoms with Gasteiger partial charge < -0.3 is 9.84 Å². The van der Waals surface area contributed by atoms with E-state index in [0.29, 0.717) is 18.8 Å². The Bertz CT molecular complexity index is 399. The minimum Gasteiger partial charge on any atom is -0.494 e. The fourth-order valence-corrected chi connectivity index (χ4v) is 1.50. The molecule has 84 valence electrons. The zero-order valence-electron chi connectivity index (χ0n) is 8.09. The third-order valence-corrected chi connectivity index (χ3v) is 2.65. The zero-order valence-corrected chi connectivity index (χ0v) is 8.90. The number of aliphatic hydroxyl groups excluding tert-OH is 1. The second-order valence-electron chi connectivity index (χ2n) is 2.94. The summed E-state index contributed by atoms with van der Waals surface area (Å²) in [5, 5.41) is 13.4. The summed E-state index contributed by atoms with van der Waals surface area (Å²) in [4.78, 5) is 0.0528. The maximum Gasteiger partial charge on any atom is 0.238 e. The third-order valence-electron chi connectivity index (χ3n) is 1.72. The smallest absolute Gasteiger partial charge is 0.238 e. The molecule has 0 aliphatic heterocycles. The van der Waals surface area contributed by atoms with Crippen LogP contribution in [0.3, 0.4) is 0 Å². The molecule has 0 unspecified atom stereocenters. The van der Waals surface area contributed by atoms with Crippen molar-refractivity contribution in [1.82, 2.24) is 0 Å². The first-order chi connectivity index (χ1) is 7.04. The molecule has 0 amide bonds. The van der Waals surface area contributed by atoms with Crippen molar-refractivity contribution in [2.75, 3.05) is 13.2 Å². The van der Waals surface area contributed by atoms with E-state index in [2.05, 4.69) is 0 Å². The Hall–Kier alpha value is -1.11. The topological polar surface area (TPSA) is 89.6 Å². The van der Waals surface area contributed by atoms with Crippen LogP contribution in [0.4, 0.5) is 0 Å². The first kappa shape index (κ1) is 12.0. The van der Waals surface area contributed by atoms with Crippen molar-refractivity contribution in [1.29, 1.82) is 0 Å². The van der Waals surface area contributed by atoms with E-state index in [1.165, 1.54) is 24.3 Å². The average Bonchev–Trinajstić information content (AvgIpc) is 2.18. The second-order valence-corrected chi connectivity index (χ2v) is 4.50. The van der Waals surface area contributed by atoms with Crippen LogP contribution in [0.25, 0.3) is 0 Å². The maximum absolute atomic E-state index is 10.9. The van der Waals surface area contributed by atoms with Crippen LogP contribution in [0.15, 0.2) is 29.2 Å². The number of aliphatic hydroxyl groups is 1. The summed E-state index contributed by atoms with van der Waals surface area (Å²) in [5.41, 5.74) is 0. The lowest BCUT2D eigenvalue weighted by atomic mass is 10.3. The van der Waals surface area contributed by atoms with Crippen LogP contribution in [-0.4, -0.2) is 26.7 Å². The Balaban J connectivity index is 2.65. The summed E-state index contributed by atoms with van der Waals surface area (Å²) in [6, 6.07) is 5.81. The Morgan fingerprint density at radius 1 is 1.27 bits per heavy atom. The van der Waals surface area contributed by atoms with Gasteiger partial charge in [-0.1, -0.05) is 0 Å². The van der Waals surface area contributed by atoms with Crippen LogP contribution in [0.5, 0.6) is 5.75 Å². The molecule has 0 saturated heterocycles. The van der Waals surface area contributed by atoms with Gasteiger partial charge in [-0.3, -0.25) is 0 Å². The van der Waals surface area contributed by atoms with Crippen LogP contribution in [0, 0.1) is 0 Å². The molecule has 0 heterocycles. The molecular formula is C9H13NO4S. The van der Waals surface area contributed by atoms with Gasteiger partial charge in [0.05, 0.1) is 11.5 Å². The summed E-state index contributed by atoms with van der Waals surface area (Å²) in [6.45, 7) is 0.459. The van der Waals surface area contributed by atoms with Gasteiger partial charge in [0.1, 0.15) is 5.75 Å². The molecule has 0 fully saturated rings. The summed E-state index contributed by atoms with van der Waals surface area (Å²) >= 11 is 0.